The number of aryl methyl sites for hydroxylation is 2. The van der Waals surface area contributed by atoms with Crippen LogP contribution in [-0.4, -0.2) is 16.0 Å². The maximum atomic E-state index is 12.5. The monoisotopic (exact) mass is 351 g/mol. The summed E-state index contributed by atoms with van der Waals surface area (Å²) in [7, 11) is 0. The number of carbonyl (C=O) groups is 1. The van der Waals surface area contributed by atoms with Crippen molar-refractivity contribution in [3.8, 4) is 5.75 Å². The number of carbonyl (C=O) groups excluding carboxylic acids is 1. The number of nitrogens with zero attached hydrogens (tertiary/aromatic N) is 2. The summed E-state index contributed by atoms with van der Waals surface area (Å²) in [5, 5.41) is 6.89. The predicted octanol–water partition coefficient (Wildman–Crippen LogP) is 3.76. The van der Waals surface area contributed by atoms with Crippen LogP contribution < -0.4 is 10.1 Å². The summed E-state index contributed by atoms with van der Waals surface area (Å²) in [5.74, 6) is 1.20. The molecule has 6 nitrogen and oxygen atoms in total. The van der Waals surface area contributed by atoms with Crippen LogP contribution in [0.3, 0.4) is 0 Å². The Morgan fingerprint density at radius 1 is 1.23 bits per heavy atom. The second-order valence-electron chi connectivity index (χ2n) is 6.09. The molecule has 0 saturated heterocycles. The van der Waals surface area contributed by atoms with Crippen LogP contribution >= 0.6 is 0 Å². The Balaban J connectivity index is 1.66. The van der Waals surface area contributed by atoms with Crippen molar-refractivity contribution < 1.29 is 14.1 Å². The lowest BCUT2D eigenvalue weighted by atomic mass is 10.1. The minimum atomic E-state index is -0.155. The minimum absolute atomic E-state index is 0.114. The predicted molar refractivity (Wildman–Crippen MR) is 96.9 cm³/mol. The highest BCUT2D eigenvalue weighted by atomic mass is 16.5. The molecule has 2 aromatic heterocycles. The van der Waals surface area contributed by atoms with E-state index in [4.69, 9.17) is 9.26 Å². The van der Waals surface area contributed by atoms with E-state index in [1.807, 2.05) is 39.0 Å². The fourth-order valence-corrected chi connectivity index (χ4v) is 2.61. The molecule has 1 unspecified atom stereocenters. The van der Waals surface area contributed by atoms with E-state index in [9.17, 15) is 4.79 Å². The van der Waals surface area contributed by atoms with Crippen LogP contribution in [-0.2, 0) is 6.61 Å². The highest BCUT2D eigenvalue weighted by Gasteiger charge is 2.13. The Labute approximate surface area is 152 Å². The van der Waals surface area contributed by atoms with E-state index < -0.39 is 0 Å². The molecule has 0 bridgehead atoms. The van der Waals surface area contributed by atoms with Gasteiger partial charge >= 0.3 is 0 Å². The molecule has 2 heterocycles. The lowest BCUT2D eigenvalue weighted by Gasteiger charge is -2.14. The van der Waals surface area contributed by atoms with Crippen molar-refractivity contribution in [2.24, 2.45) is 0 Å². The van der Waals surface area contributed by atoms with E-state index in [-0.39, 0.29) is 11.9 Å². The molecule has 3 rings (SSSR count). The average Bonchev–Trinajstić information content (AvgIpc) is 2.98. The molecule has 1 amide bonds. The Morgan fingerprint density at radius 3 is 2.69 bits per heavy atom. The van der Waals surface area contributed by atoms with Crippen LogP contribution in [0.15, 0.2) is 53.3 Å². The van der Waals surface area contributed by atoms with E-state index in [0.29, 0.717) is 17.9 Å². The van der Waals surface area contributed by atoms with Gasteiger partial charge in [0.15, 0.2) is 0 Å². The fraction of sp³-hybridized carbons (Fsp3) is 0.250. The zero-order chi connectivity index (χ0) is 18.5. The first kappa shape index (κ1) is 17.7. The lowest BCUT2D eigenvalue weighted by Crippen LogP contribution is -2.26. The molecular formula is C20H21N3O3. The summed E-state index contributed by atoms with van der Waals surface area (Å²) < 4.78 is 10.9. The minimum Gasteiger partial charge on any atom is -0.489 e. The van der Waals surface area contributed by atoms with Gasteiger partial charge in [-0.2, -0.15) is 0 Å². The smallest absolute Gasteiger partial charge is 0.251 e. The second kappa shape index (κ2) is 7.82. The summed E-state index contributed by atoms with van der Waals surface area (Å²) in [5.41, 5.74) is 3.27. The van der Waals surface area contributed by atoms with Crippen molar-refractivity contribution in [3.05, 3.63) is 76.9 Å². The van der Waals surface area contributed by atoms with E-state index in [0.717, 1.165) is 22.6 Å². The third kappa shape index (κ3) is 4.08. The van der Waals surface area contributed by atoms with Gasteiger partial charge in [-0.1, -0.05) is 11.2 Å². The van der Waals surface area contributed by atoms with Crippen molar-refractivity contribution in [1.82, 2.24) is 15.5 Å². The molecular weight excluding hydrogens is 330 g/mol. The Morgan fingerprint density at radius 2 is 2.00 bits per heavy atom. The molecule has 0 fully saturated rings. The fourth-order valence-electron chi connectivity index (χ4n) is 2.61. The second-order valence-corrected chi connectivity index (χ2v) is 6.09. The summed E-state index contributed by atoms with van der Waals surface area (Å²) in [6, 6.07) is 10.8. The van der Waals surface area contributed by atoms with Crippen LogP contribution in [0.1, 0.15) is 45.9 Å². The molecule has 1 aromatic carbocycles. The number of rotatable bonds is 6. The normalized spacial score (nSPS) is 11.8. The number of hydrogen-bond acceptors (Lipinski definition) is 5. The molecule has 0 aliphatic carbocycles. The highest BCUT2D eigenvalue weighted by molar-refractivity contribution is 5.94. The molecule has 0 spiro atoms. The number of pyridine rings is 1. The van der Waals surface area contributed by atoms with E-state index in [1.54, 1.807) is 30.6 Å². The summed E-state index contributed by atoms with van der Waals surface area (Å²) >= 11 is 0. The molecule has 26 heavy (non-hydrogen) atoms. The number of hydrogen-bond donors (Lipinski definition) is 1. The van der Waals surface area contributed by atoms with Gasteiger partial charge in [0.1, 0.15) is 18.1 Å². The molecule has 1 N–H and O–H groups in total. The first-order valence-electron chi connectivity index (χ1n) is 8.40. The zero-order valence-corrected chi connectivity index (χ0v) is 15.0. The van der Waals surface area contributed by atoms with Gasteiger partial charge in [-0.15, -0.1) is 0 Å². The summed E-state index contributed by atoms with van der Waals surface area (Å²) in [6.45, 7) is 6.01. The van der Waals surface area contributed by atoms with Gasteiger partial charge in [-0.05, 0) is 56.7 Å². The first-order valence-corrected chi connectivity index (χ1v) is 8.40. The molecule has 3 aromatic rings. The van der Waals surface area contributed by atoms with E-state index in [2.05, 4.69) is 15.5 Å². The lowest BCUT2D eigenvalue weighted by molar-refractivity contribution is 0.0939. The van der Waals surface area contributed by atoms with Gasteiger partial charge in [0.25, 0.3) is 5.91 Å². The maximum absolute atomic E-state index is 12.5. The van der Waals surface area contributed by atoms with Gasteiger partial charge in [0, 0.05) is 18.0 Å². The van der Waals surface area contributed by atoms with Crippen molar-refractivity contribution in [1.29, 1.82) is 0 Å². The number of aromatic nitrogens is 2. The largest absolute Gasteiger partial charge is 0.489 e. The topological polar surface area (TPSA) is 77.2 Å². The molecule has 134 valence electrons. The quantitative estimate of drug-likeness (QED) is 0.732. The average molecular weight is 351 g/mol. The molecule has 0 aliphatic heterocycles. The number of amides is 1. The van der Waals surface area contributed by atoms with Crippen LogP contribution in [0.2, 0.25) is 0 Å². The Bertz CT molecular complexity index is 871. The molecule has 0 aliphatic rings. The van der Waals surface area contributed by atoms with Gasteiger partial charge in [0.2, 0.25) is 0 Å². The van der Waals surface area contributed by atoms with Gasteiger partial charge in [-0.25, -0.2) is 0 Å². The summed E-state index contributed by atoms with van der Waals surface area (Å²) in [6.07, 6.45) is 3.42. The SMILES string of the molecule is Cc1noc(C)c1COc1cccc(C(=O)NC(C)c2ccncc2)c1. The number of benzene rings is 1. The Kier molecular flexibility index (Phi) is 5.31. The highest BCUT2D eigenvalue weighted by Crippen LogP contribution is 2.19. The third-order valence-corrected chi connectivity index (χ3v) is 4.21. The number of ether oxygens (including phenoxy) is 1. The number of nitrogens with one attached hydrogen (secondary N) is 1. The van der Waals surface area contributed by atoms with Crippen molar-refractivity contribution in [2.45, 2.75) is 33.4 Å². The maximum Gasteiger partial charge on any atom is 0.251 e. The van der Waals surface area contributed by atoms with Crippen molar-refractivity contribution >= 4 is 5.91 Å². The van der Waals surface area contributed by atoms with Crippen LogP contribution in [0.5, 0.6) is 5.75 Å². The van der Waals surface area contributed by atoms with E-state index in [1.165, 1.54) is 0 Å². The van der Waals surface area contributed by atoms with Crippen LogP contribution in [0.25, 0.3) is 0 Å². The van der Waals surface area contributed by atoms with Gasteiger partial charge < -0.3 is 14.6 Å². The first-order chi connectivity index (χ1) is 12.5. The molecule has 0 saturated carbocycles. The van der Waals surface area contributed by atoms with Crippen LogP contribution in [0, 0.1) is 13.8 Å². The van der Waals surface area contributed by atoms with Crippen molar-refractivity contribution in [3.63, 3.8) is 0 Å². The summed E-state index contributed by atoms with van der Waals surface area (Å²) in [4.78, 5) is 16.5. The van der Waals surface area contributed by atoms with Gasteiger partial charge in [-0.3, -0.25) is 9.78 Å². The van der Waals surface area contributed by atoms with Crippen LogP contribution in [0.4, 0.5) is 0 Å². The Hall–Kier alpha value is -3.15. The third-order valence-electron chi connectivity index (χ3n) is 4.21. The van der Waals surface area contributed by atoms with E-state index >= 15 is 0 Å². The molecule has 1 atom stereocenters. The standard InChI is InChI=1S/C20H21N3O3/c1-13(16-7-9-21-10-8-16)22-20(24)17-5-4-6-18(11-17)25-12-19-14(2)23-26-15(19)3/h4-11,13H,12H2,1-3H3,(H,22,24). The zero-order valence-electron chi connectivity index (χ0n) is 15.0. The van der Waals surface area contributed by atoms with Crippen molar-refractivity contribution in [2.75, 3.05) is 0 Å². The van der Waals surface area contributed by atoms with Gasteiger partial charge in [0.05, 0.1) is 17.3 Å². The molecule has 0 radical (unpaired) electrons. The molecule has 6 heteroatoms.